The van der Waals surface area contributed by atoms with Crippen LogP contribution >= 0.6 is 11.8 Å². The highest BCUT2D eigenvalue weighted by atomic mass is 32.2. The third kappa shape index (κ3) is 33.8. The van der Waals surface area contributed by atoms with E-state index >= 15 is 0 Å². The highest BCUT2D eigenvalue weighted by Crippen LogP contribution is 1.83. The fraction of sp³-hybridized carbons (Fsp3) is 1.00. The normalized spacial score (nSPS) is 7.50. The molecule has 0 spiro atoms. The zero-order chi connectivity index (χ0) is 6.83. The minimum Gasteiger partial charge on any atom is -0.397 e. The van der Waals surface area contributed by atoms with Gasteiger partial charge in [0.15, 0.2) is 0 Å². The van der Waals surface area contributed by atoms with Gasteiger partial charge in [-0.15, -0.1) is 0 Å². The maximum Gasteiger partial charge on any atom is 0.0402 e. The summed E-state index contributed by atoms with van der Waals surface area (Å²) in [5.74, 6) is 1.08. The maximum absolute atomic E-state index is 7.57. The van der Waals surface area contributed by atoms with Crippen molar-refractivity contribution in [3.8, 4) is 0 Å². The van der Waals surface area contributed by atoms with Crippen molar-refractivity contribution in [2.45, 2.75) is 6.92 Å². The molecule has 8 heavy (non-hydrogen) atoms. The SMILES string of the molecule is CCO.CSCCN. The van der Waals surface area contributed by atoms with Gasteiger partial charge in [0, 0.05) is 18.9 Å². The van der Waals surface area contributed by atoms with E-state index in [0.717, 1.165) is 12.3 Å². The van der Waals surface area contributed by atoms with Crippen LogP contribution in [0, 0.1) is 0 Å². The van der Waals surface area contributed by atoms with Gasteiger partial charge in [0.05, 0.1) is 0 Å². The molecule has 3 N–H and O–H groups in total. The largest absolute Gasteiger partial charge is 0.397 e. The van der Waals surface area contributed by atoms with Crippen LogP contribution in [0.15, 0.2) is 0 Å². The Morgan fingerprint density at radius 1 is 1.62 bits per heavy atom. The lowest BCUT2D eigenvalue weighted by Gasteiger charge is -1.80. The predicted octanol–water partition coefficient (Wildman–Crippen LogP) is 0.307. The van der Waals surface area contributed by atoms with Crippen LogP contribution in [0.2, 0.25) is 0 Å². The van der Waals surface area contributed by atoms with Crippen LogP contribution in [0.5, 0.6) is 0 Å². The minimum atomic E-state index is 0.250. The molecule has 0 aromatic rings. The summed E-state index contributed by atoms with van der Waals surface area (Å²) < 4.78 is 0. The van der Waals surface area contributed by atoms with Crippen LogP contribution in [-0.4, -0.2) is 30.3 Å². The number of thioether (sulfide) groups is 1. The molecule has 0 saturated carbocycles. The molecule has 0 aliphatic heterocycles. The molecule has 2 nitrogen and oxygen atoms in total. The molecule has 0 saturated heterocycles. The van der Waals surface area contributed by atoms with Crippen LogP contribution in [0.3, 0.4) is 0 Å². The van der Waals surface area contributed by atoms with Crippen molar-refractivity contribution in [3.63, 3.8) is 0 Å². The third-order valence-corrected chi connectivity index (χ3v) is 0.966. The standard InChI is InChI=1S/C3H9NS.C2H6O/c1-5-3-2-4;1-2-3/h2-4H2,1H3;3H,2H2,1H3. The predicted molar refractivity (Wildman–Crippen MR) is 40.2 cm³/mol. The number of aliphatic hydroxyl groups excluding tert-OH is 1. The van der Waals surface area contributed by atoms with Crippen molar-refractivity contribution in [3.05, 3.63) is 0 Å². The van der Waals surface area contributed by atoms with Crippen molar-refractivity contribution in [1.29, 1.82) is 0 Å². The molecule has 3 heteroatoms. The van der Waals surface area contributed by atoms with Crippen LogP contribution < -0.4 is 5.73 Å². The molecule has 0 amide bonds. The van der Waals surface area contributed by atoms with E-state index in [9.17, 15) is 0 Å². The Kier molecular flexibility index (Phi) is 21.8. The van der Waals surface area contributed by atoms with Crippen LogP contribution in [0.25, 0.3) is 0 Å². The lowest BCUT2D eigenvalue weighted by atomic mass is 10.8. The summed E-state index contributed by atoms with van der Waals surface area (Å²) in [6, 6.07) is 0. The van der Waals surface area contributed by atoms with Crippen molar-refractivity contribution in [1.82, 2.24) is 0 Å². The molecular weight excluding hydrogens is 122 g/mol. The first-order chi connectivity index (χ1) is 3.83. The second kappa shape index (κ2) is 15.7. The van der Waals surface area contributed by atoms with Crippen LogP contribution in [-0.2, 0) is 0 Å². The van der Waals surface area contributed by atoms with Gasteiger partial charge in [-0.1, -0.05) is 0 Å². The molecule has 0 bridgehead atoms. The molecule has 0 unspecified atom stereocenters. The molecule has 0 aromatic carbocycles. The summed E-state index contributed by atoms with van der Waals surface area (Å²) in [5.41, 5.74) is 5.12. The zero-order valence-electron chi connectivity index (χ0n) is 5.55. The van der Waals surface area contributed by atoms with Gasteiger partial charge in [-0.2, -0.15) is 11.8 Å². The summed E-state index contributed by atoms with van der Waals surface area (Å²) in [6.45, 7) is 2.74. The monoisotopic (exact) mass is 137 g/mol. The van der Waals surface area contributed by atoms with Gasteiger partial charge in [0.1, 0.15) is 0 Å². The molecule has 0 fully saturated rings. The van der Waals surface area contributed by atoms with Gasteiger partial charge < -0.3 is 10.8 Å². The van der Waals surface area contributed by atoms with E-state index in [0.29, 0.717) is 0 Å². The van der Waals surface area contributed by atoms with Gasteiger partial charge in [0.25, 0.3) is 0 Å². The van der Waals surface area contributed by atoms with Crippen LogP contribution in [0.1, 0.15) is 6.92 Å². The molecule has 0 aliphatic carbocycles. The third-order valence-electron chi connectivity index (χ3n) is 0.322. The van der Waals surface area contributed by atoms with E-state index in [4.69, 9.17) is 10.8 Å². The Bertz CT molecular complexity index is 26.4. The molecule has 0 aromatic heterocycles. The summed E-state index contributed by atoms with van der Waals surface area (Å²) in [5, 5.41) is 7.57. The van der Waals surface area contributed by atoms with Crippen LogP contribution in [0.4, 0.5) is 0 Å². The smallest absolute Gasteiger partial charge is 0.0402 e. The molecular formula is C5H15NOS. The van der Waals surface area contributed by atoms with Gasteiger partial charge in [-0.3, -0.25) is 0 Å². The van der Waals surface area contributed by atoms with E-state index in [1.807, 2.05) is 6.26 Å². The average Bonchev–Trinajstić information content (AvgIpc) is 1.71. The first-order valence-electron chi connectivity index (χ1n) is 2.63. The molecule has 0 rings (SSSR count). The van der Waals surface area contributed by atoms with E-state index in [1.165, 1.54) is 0 Å². The van der Waals surface area contributed by atoms with Gasteiger partial charge in [-0.05, 0) is 13.2 Å². The maximum atomic E-state index is 7.57. The Morgan fingerprint density at radius 3 is 2.00 bits per heavy atom. The summed E-state index contributed by atoms with van der Waals surface area (Å²) in [4.78, 5) is 0. The molecule has 0 heterocycles. The first-order valence-corrected chi connectivity index (χ1v) is 4.02. The highest BCUT2D eigenvalue weighted by molar-refractivity contribution is 7.98. The number of rotatable bonds is 2. The number of aliphatic hydroxyl groups is 1. The lowest BCUT2D eigenvalue weighted by molar-refractivity contribution is 0.318. The lowest BCUT2D eigenvalue weighted by Crippen LogP contribution is -1.99. The van der Waals surface area contributed by atoms with Crippen molar-refractivity contribution >= 4 is 11.8 Å². The van der Waals surface area contributed by atoms with Gasteiger partial charge in [0.2, 0.25) is 0 Å². The van der Waals surface area contributed by atoms with Gasteiger partial charge in [-0.25, -0.2) is 0 Å². The molecule has 0 aliphatic rings. The Balaban J connectivity index is 0. The topological polar surface area (TPSA) is 46.2 Å². The van der Waals surface area contributed by atoms with Crippen molar-refractivity contribution < 1.29 is 5.11 Å². The first kappa shape index (κ1) is 11.1. The Morgan fingerprint density at radius 2 is 2.00 bits per heavy atom. The van der Waals surface area contributed by atoms with E-state index in [1.54, 1.807) is 18.7 Å². The van der Waals surface area contributed by atoms with Gasteiger partial charge >= 0.3 is 0 Å². The van der Waals surface area contributed by atoms with E-state index < -0.39 is 0 Å². The second-order valence-corrected chi connectivity index (χ2v) is 2.08. The summed E-state index contributed by atoms with van der Waals surface area (Å²) in [7, 11) is 0. The number of hydrogen-bond donors (Lipinski definition) is 2. The fourth-order valence-corrected chi connectivity index (χ4v) is 0.354. The highest BCUT2D eigenvalue weighted by Gasteiger charge is 1.67. The van der Waals surface area contributed by atoms with E-state index in [-0.39, 0.29) is 6.61 Å². The van der Waals surface area contributed by atoms with Crippen molar-refractivity contribution in [2.24, 2.45) is 5.73 Å². The number of nitrogens with two attached hydrogens (primary N) is 1. The molecule has 52 valence electrons. The van der Waals surface area contributed by atoms with E-state index in [2.05, 4.69) is 0 Å². The average molecular weight is 137 g/mol. The number of hydrogen-bond acceptors (Lipinski definition) is 3. The second-order valence-electron chi connectivity index (χ2n) is 1.10. The Hall–Kier alpha value is 0.270. The quantitative estimate of drug-likeness (QED) is 0.575. The zero-order valence-corrected chi connectivity index (χ0v) is 6.37. The fourth-order valence-electron chi connectivity index (χ4n) is 0.118. The molecule has 0 radical (unpaired) electrons. The summed E-state index contributed by atoms with van der Waals surface area (Å²) >= 11 is 1.78. The molecule has 0 atom stereocenters. The van der Waals surface area contributed by atoms with Crippen molar-refractivity contribution in [2.75, 3.05) is 25.2 Å². The minimum absolute atomic E-state index is 0.250. The summed E-state index contributed by atoms with van der Waals surface area (Å²) in [6.07, 6.45) is 2.05. The Labute approximate surface area is 55.5 Å².